The number of hydrogen-bond acceptors (Lipinski definition) is 2. The predicted molar refractivity (Wildman–Crippen MR) is 77.7 cm³/mol. The maximum absolute atomic E-state index is 12.7. The Balaban J connectivity index is 1.78. The van der Waals surface area contributed by atoms with Gasteiger partial charge < -0.3 is 10.3 Å². The monoisotopic (exact) mass is 322 g/mol. The molecule has 5 nitrogen and oxygen atoms in total. The van der Waals surface area contributed by atoms with Gasteiger partial charge in [-0.15, -0.1) is 0 Å². The zero-order valence-corrected chi connectivity index (χ0v) is 12.1. The number of rotatable bonds is 3. The van der Waals surface area contributed by atoms with E-state index in [0.29, 0.717) is 10.9 Å². The van der Waals surface area contributed by atoms with Gasteiger partial charge in [-0.2, -0.15) is 18.3 Å². The van der Waals surface area contributed by atoms with Crippen molar-refractivity contribution in [3.63, 3.8) is 0 Å². The number of aromatic amines is 1. The fourth-order valence-electron chi connectivity index (χ4n) is 2.27. The zero-order chi connectivity index (χ0) is 16.6. The van der Waals surface area contributed by atoms with Crippen LogP contribution in [0.3, 0.4) is 0 Å². The number of amides is 1. The van der Waals surface area contributed by atoms with Gasteiger partial charge in [-0.05, 0) is 24.3 Å². The first-order valence-electron chi connectivity index (χ1n) is 6.78. The molecular weight excluding hydrogens is 309 g/mol. The Kier molecular flexibility index (Phi) is 3.59. The summed E-state index contributed by atoms with van der Waals surface area (Å²) in [6, 6.07) is 4.72. The van der Waals surface area contributed by atoms with Gasteiger partial charge in [0, 0.05) is 36.3 Å². The van der Waals surface area contributed by atoms with E-state index in [1.54, 1.807) is 24.1 Å². The van der Waals surface area contributed by atoms with Crippen molar-refractivity contribution < 1.29 is 18.0 Å². The second-order valence-corrected chi connectivity index (χ2v) is 5.19. The van der Waals surface area contributed by atoms with Crippen LogP contribution in [-0.2, 0) is 19.8 Å². The lowest BCUT2D eigenvalue weighted by Crippen LogP contribution is -2.22. The Labute approximate surface area is 129 Å². The van der Waals surface area contributed by atoms with Gasteiger partial charge in [0.25, 0.3) is 5.91 Å². The van der Waals surface area contributed by atoms with E-state index in [9.17, 15) is 18.0 Å². The number of carbonyl (C=O) groups excluding carboxylic acids is 1. The van der Waals surface area contributed by atoms with Crippen LogP contribution < -0.4 is 5.32 Å². The van der Waals surface area contributed by atoms with Gasteiger partial charge in [0.1, 0.15) is 5.69 Å². The molecule has 3 aromatic rings. The molecule has 2 heterocycles. The molecule has 0 bridgehead atoms. The van der Waals surface area contributed by atoms with Crippen molar-refractivity contribution in [2.24, 2.45) is 7.05 Å². The summed E-state index contributed by atoms with van der Waals surface area (Å²) in [6.07, 6.45) is -1.02. The minimum absolute atomic E-state index is 0.211. The predicted octanol–water partition coefficient (Wildman–Crippen LogP) is 2.85. The first-order valence-corrected chi connectivity index (χ1v) is 6.78. The third-order valence-electron chi connectivity index (χ3n) is 3.40. The lowest BCUT2D eigenvalue weighted by Gasteiger charge is -2.05. The quantitative estimate of drug-likeness (QED) is 0.779. The summed E-state index contributed by atoms with van der Waals surface area (Å²) in [5, 5.41) is 7.01. The largest absolute Gasteiger partial charge is 0.416 e. The Morgan fingerprint density at radius 3 is 2.78 bits per heavy atom. The highest BCUT2D eigenvalue weighted by Crippen LogP contribution is 2.31. The molecule has 0 radical (unpaired) electrons. The fourth-order valence-corrected chi connectivity index (χ4v) is 2.27. The molecule has 1 aromatic carbocycles. The number of alkyl halides is 3. The maximum atomic E-state index is 12.7. The van der Waals surface area contributed by atoms with Crippen molar-refractivity contribution in [1.29, 1.82) is 0 Å². The van der Waals surface area contributed by atoms with Gasteiger partial charge in [-0.1, -0.05) is 0 Å². The molecule has 0 aliphatic heterocycles. The van der Waals surface area contributed by atoms with Crippen molar-refractivity contribution in [3.05, 3.63) is 53.5 Å². The highest BCUT2D eigenvalue weighted by Gasteiger charge is 2.30. The number of H-pyrrole nitrogens is 1. The third-order valence-corrected chi connectivity index (χ3v) is 3.40. The second kappa shape index (κ2) is 5.45. The van der Waals surface area contributed by atoms with Gasteiger partial charge in [0.15, 0.2) is 0 Å². The molecule has 23 heavy (non-hydrogen) atoms. The summed E-state index contributed by atoms with van der Waals surface area (Å²) < 4.78 is 39.7. The number of nitrogens with one attached hydrogen (secondary N) is 2. The number of hydrogen-bond donors (Lipinski definition) is 2. The number of carbonyl (C=O) groups is 1. The average molecular weight is 322 g/mol. The third kappa shape index (κ3) is 3.20. The molecule has 0 aliphatic carbocycles. The number of halogens is 3. The lowest BCUT2D eigenvalue weighted by molar-refractivity contribution is -0.137. The fraction of sp³-hybridized carbons (Fsp3) is 0.200. The van der Waals surface area contributed by atoms with Crippen LogP contribution in [0.15, 0.2) is 36.7 Å². The molecule has 0 saturated heterocycles. The standard InChI is InChI=1S/C15H13F3N4O/c1-22-8-9(7-20-22)6-19-14(23)13-5-10-4-11(15(16,17)18)2-3-12(10)21-13/h2-5,7-8,21H,6H2,1H3,(H,19,23). The molecule has 0 unspecified atom stereocenters. The summed E-state index contributed by atoms with van der Waals surface area (Å²) in [5.41, 5.74) is 0.773. The van der Waals surface area contributed by atoms with E-state index >= 15 is 0 Å². The molecule has 2 N–H and O–H groups in total. The van der Waals surface area contributed by atoms with Crippen LogP contribution in [0.1, 0.15) is 21.6 Å². The number of aromatic nitrogens is 3. The summed E-state index contributed by atoms with van der Waals surface area (Å²) >= 11 is 0. The topological polar surface area (TPSA) is 62.7 Å². The van der Waals surface area contributed by atoms with Gasteiger partial charge in [0.05, 0.1) is 11.8 Å². The normalized spacial score (nSPS) is 11.8. The van der Waals surface area contributed by atoms with Crippen LogP contribution in [0.2, 0.25) is 0 Å². The van der Waals surface area contributed by atoms with Crippen molar-refractivity contribution in [2.45, 2.75) is 12.7 Å². The molecule has 0 fully saturated rings. The van der Waals surface area contributed by atoms with E-state index in [0.717, 1.165) is 17.7 Å². The smallest absolute Gasteiger partial charge is 0.351 e. The Hall–Kier alpha value is -2.77. The van der Waals surface area contributed by atoms with E-state index in [1.807, 2.05) is 0 Å². The average Bonchev–Trinajstić information content (AvgIpc) is 3.08. The molecule has 1 amide bonds. The number of nitrogens with zero attached hydrogens (tertiary/aromatic N) is 2. The first kappa shape index (κ1) is 15.1. The summed E-state index contributed by atoms with van der Waals surface area (Å²) in [7, 11) is 1.77. The van der Waals surface area contributed by atoms with Crippen LogP contribution >= 0.6 is 0 Å². The lowest BCUT2D eigenvalue weighted by atomic mass is 10.1. The van der Waals surface area contributed by atoms with E-state index in [2.05, 4.69) is 15.4 Å². The summed E-state index contributed by atoms with van der Waals surface area (Å²) in [4.78, 5) is 14.9. The summed E-state index contributed by atoms with van der Waals surface area (Å²) in [6.45, 7) is 0.288. The molecular formula is C15H13F3N4O. The second-order valence-electron chi connectivity index (χ2n) is 5.19. The van der Waals surface area contributed by atoms with Gasteiger partial charge in [-0.25, -0.2) is 0 Å². The van der Waals surface area contributed by atoms with E-state index < -0.39 is 17.6 Å². The minimum atomic E-state index is -4.41. The first-order chi connectivity index (χ1) is 10.8. The molecule has 0 atom stereocenters. The Morgan fingerprint density at radius 1 is 1.35 bits per heavy atom. The van der Waals surface area contributed by atoms with Crippen LogP contribution in [0.4, 0.5) is 13.2 Å². The van der Waals surface area contributed by atoms with Crippen molar-refractivity contribution in [3.8, 4) is 0 Å². The maximum Gasteiger partial charge on any atom is 0.416 e. The van der Waals surface area contributed by atoms with E-state index in [1.165, 1.54) is 12.1 Å². The van der Waals surface area contributed by atoms with Crippen molar-refractivity contribution in [1.82, 2.24) is 20.1 Å². The van der Waals surface area contributed by atoms with Crippen molar-refractivity contribution >= 4 is 16.8 Å². The Morgan fingerprint density at radius 2 is 2.13 bits per heavy atom. The highest BCUT2D eigenvalue weighted by molar-refractivity contribution is 5.98. The molecule has 0 saturated carbocycles. The van der Waals surface area contributed by atoms with Crippen LogP contribution in [0.25, 0.3) is 10.9 Å². The summed E-state index contributed by atoms with van der Waals surface area (Å²) in [5.74, 6) is -0.390. The SMILES string of the molecule is Cn1cc(CNC(=O)c2cc3cc(C(F)(F)F)ccc3[nH]2)cn1. The molecule has 3 rings (SSSR count). The van der Waals surface area contributed by atoms with E-state index in [4.69, 9.17) is 0 Å². The molecule has 120 valence electrons. The molecule has 2 aromatic heterocycles. The molecule has 0 spiro atoms. The number of fused-ring (bicyclic) bond motifs is 1. The zero-order valence-electron chi connectivity index (χ0n) is 12.1. The number of aryl methyl sites for hydroxylation is 1. The molecule has 0 aliphatic rings. The minimum Gasteiger partial charge on any atom is -0.351 e. The van der Waals surface area contributed by atoms with Gasteiger partial charge in [-0.3, -0.25) is 9.48 Å². The van der Waals surface area contributed by atoms with Crippen LogP contribution in [0, 0.1) is 0 Å². The van der Waals surface area contributed by atoms with Gasteiger partial charge >= 0.3 is 6.18 Å². The van der Waals surface area contributed by atoms with Crippen molar-refractivity contribution in [2.75, 3.05) is 0 Å². The molecule has 8 heteroatoms. The highest BCUT2D eigenvalue weighted by atomic mass is 19.4. The van der Waals surface area contributed by atoms with Gasteiger partial charge in [0.2, 0.25) is 0 Å². The van der Waals surface area contributed by atoms with E-state index in [-0.39, 0.29) is 12.2 Å². The van der Waals surface area contributed by atoms with Crippen LogP contribution in [0.5, 0.6) is 0 Å². The van der Waals surface area contributed by atoms with Crippen LogP contribution in [-0.4, -0.2) is 20.7 Å². The number of benzene rings is 1. The Bertz CT molecular complexity index is 863.